The van der Waals surface area contributed by atoms with Crippen LogP contribution in [0.3, 0.4) is 0 Å². The zero-order chi connectivity index (χ0) is 19.2. The second kappa shape index (κ2) is 12.6. The van der Waals surface area contributed by atoms with Gasteiger partial charge >= 0.3 is 0 Å². The van der Waals surface area contributed by atoms with Crippen LogP contribution in [0.2, 0.25) is 0 Å². The topological polar surface area (TPSA) is 57.2 Å². The van der Waals surface area contributed by atoms with Crippen LogP contribution < -0.4 is 4.74 Å². The number of aryl methyl sites for hydroxylation is 1. The van der Waals surface area contributed by atoms with Gasteiger partial charge in [0.2, 0.25) is 5.76 Å². The van der Waals surface area contributed by atoms with E-state index in [1.165, 1.54) is 7.11 Å². The molecule has 1 N–H and O–H groups in total. The minimum absolute atomic E-state index is 0.197. The van der Waals surface area contributed by atoms with E-state index in [2.05, 4.69) is 6.58 Å². The van der Waals surface area contributed by atoms with Gasteiger partial charge in [0.25, 0.3) is 0 Å². The van der Waals surface area contributed by atoms with Gasteiger partial charge in [-0.15, -0.1) is 0 Å². The van der Waals surface area contributed by atoms with Crippen molar-refractivity contribution in [1.29, 1.82) is 0 Å². The zero-order valence-corrected chi connectivity index (χ0v) is 15.8. The van der Waals surface area contributed by atoms with Crippen LogP contribution in [-0.2, 0) is 14.2 Å². The number of allylic oxidation sites excluding steroid dienone is 4. The van der Waals surface area contributed by atoms with Crippen molar-refractivity contribution >= 4 is 0 Å². The highest BCUT2D eigenvalue weighted by Gasteiger charge is 2.10. The predicted molar refractivity (Wildman–Crippen MR) is 101 cm³/mol. The fourth-order valence-corrected chi connectivity index (χ4v) is 1.86. The third kappa shape index (κ3) is 7.52. The summed E-state index contributed by atoms with van der Waals surface area (Å²) in [4.78, 5) is 0. The highest BCUT2D eigenvalue weighted by atomic mass is 16.5. The molecule has 0 saturated heterocycles. The van der Waals surface area contributed by atoms with Crippen LogP contribution >= 0.6 is 0 Å². The van der Waals surface area contributed by atoms with Crippen LogP contribution in [0.1, 0.15) is 12.5 Å². The van der Waals surface area contributed by atoms with E-state index >= 15 is 0 Å². The molecule has 0 aromatic heterocycles. The number of methoxy groups -OCH3 is 4. The van der Waals surface area contributed by atoms with Crippen LogP contribution in [0.25, 0.3) is 0 Å². The van der Waals surface area contributed by atoms with Crippen LogP contribution in [-0.4, -0.2) is 33.5 Å². The Morgan fingerprint density at radius 1 is 1.08 bits per heavy atom. The van der Waals surface area contributed by atoms with E-state index in [1.807, 2.05) is 19.9 Å². The van der Waals surface area contributed by atoms with E-state index in [1.54, 1.807) is 57.8 Å². The average Bonchev–Trinajstić information content (AvgIpc) is 2.62. The number of rotatable bonds is 7. The lowest BCUT2D eigenvalue weighted by Gasteiger charge is -2.12. The highest BCUT2D eigenvalue weighted by molar-refractivity contribution is 5.41. The summed E-state index contributed by atoms with van der Waals surface area (Å²) in [5.74, 6) is 2.49. The Kier molecular flexibility index (Phi) is 11.2. The second-order valence-corrected chi connectivity index (χ2v) is 4.73. The molecule has 0 saturated carbocycles. The molecule has 25 heavy (non-hydrogen) atoms. The summed E-state index contributed by atoms with van der Waals surface area (Å²) in [6, 6.07) is 5.29. The van der Waals surface area contributed by atoms with Gasteiger partial charge in [-0.3, -0.25) is 0 Å². The fourth-order valence-electron chi connectivity index (χ4n) is 1.86. The number of hydrogen-bond acceptors (Lipinski definition) is 5. The van der Waals surface area contributed by atoms with Crippen LogP contribution in [0, 0.1) is 6.92 Å². The van der Waals surface area contributed by atoms with Gasteiger partial charge in [0, 0.05) is 0 Å². The van der Waals surface area contributed by atoms with Gasteiger partial charge in [0.15, 0.2) is 23.0 Å². The summed E-state index contributed by atoms with van der Waals surface area (Å²) < 4.78 is 20.4. The fraction of sp³-hybridized carbons (Fsp3) is 0.300. The van der Waals surface area contributed by atoms with Gasteiger partial charge in [-0.1, -0.05) is 24.8 Å². The van der Waals surface area contributed by atoms with Gasteiger partial charge in [-0.2, -0.15) is 0 Å². The average molecular weight is 348 g/mol. The Balaban J connectivity index is 0.000000496. The van der Waals surface area contributed by atoms with Crippen molar-refractivity contribution < 1.29 is 24.1 Å². The highest BCUT2D eigenvalue weighted by Crippen LogP contribution is 2.25. The molecular weight excluding hydrogens is 320 g/mol. The standard InChI is InChI=1S/C12H18O3.C8H10O2/c1-6-8-9-11(14-4)12(15-5)10(7-2)13-3;1-6-3-4-8(10-2)7(9)5-6/h6-9H,1H2,2-5H3;3-5,9H,1-2H3/b9-8+,10-7+,12-11-;. The summed E-state index contributed by atoms with van der Waals surface area (Å²) in [7, 11) is 6.26. The summed E-state index contributed by atoms with van der Waals surface area (Å²) in [5, 5.41) is 9.17. The molecule has 0 aliphatic rings. The number of hydrogen-bond donors (Lipinski definition) is 1. The maximum Gasteiger partial charge on any atom is 0.202 e. The minimum atomic E-state index is 0.197. The lowest BCUT2D eigenvalue weighted by molar-refractivity contribution is 0.191. The van der Waals surface area contributed by atoms with Crippen molar-refractivity contribution in [3.05, 3.63) is 71.9 Å². The molecule has 0 bridgehead atoms. The molecule has 0 atom stereocenters. The Morgan fingerprint density at radius 2 is 1.76 bits per heavy atom. The third-order valence-electron chi connectivity index (χ3n) is 3.07. The maximum absolute atomic E-state index is 9.17. The molecule has 0 amide bonds. The van der Waals surface area contributed by atoms with Gasteiger partial charge in [0.05, 0.1) is 28.4 Å². The van der Waals surface area contributed by atoms with Crippen molar-refractivity contribution in [2.45, 2.75) is 13.8 Å². The van der Waals surface area contributed by atoms with Crippen LogP contribution in [0.5, 0.6) is 11.5 Å². The molecule has 0 aliphatic heterocycles. The van der Waals surface area contributed by atoms with Gasteiger partial charge in [-0.25, -0.2) is 0 Å². The summed E-state index contributed by atoms with van der Waals surface area (Å²) >= 11 is 0. The molecular formula is C20H28O5. The lowest BCUT2D eigenvalue weighted by Crippen LogP contribution is -2.00. The van der Waals surface area contributed by atoms with Crippen molar-refractivity contribution in [1.82, 2.24) is 0 Å². The Labute approximate surface area is 150 Å². The van der Waals surface area contributed by atoms with Gasteiger partial charge in [-0.05, 0) is 43.7 Å². The van der Waals surface area contributed by atoms with E-state index in [0.29, 0.717) is 23.0 Å². The predicted octanol–water partition coefficient (Wildman–Crippen LogP) is 4.49. The molecule has 0 heterocycles. The molecule has 0 unspecified atom stereocenters. The van der Waals surface area contributed by atoms with Gasteiger partial charge < -0.3 is 24.1 Å². The first-order chi connectivity index (χ1) is 12.0. The smallest absolute Gasteiger partial charge is 0.202 e. The zero-order valence-electron chi connectivity index (χ0n) is 15.8. The Bertz CT molecular complexity index is 627. The first-order valence-corrected chi connectivity index (χ1v) is 7.64. The molecule has 5 heteroatoms. The molecule has 0 fully saturated rings. The molecule has 138 valence electrons. The van der Waals surface area contributed by atoms with Crippen LogP contribution in [0.15, 0.2) is 66.4 Å². The molecule has 0 aliphatic carbocycles. The van der Waals surface area contributed by atoms with Crippen LogP contribution in [0.4, 0.5) is 0 Å². The van der Waals surface area contributed by atoms with Crippen molar-refractivity contribution in [2.75, 3.05) is 28.4 Å². The summed E-state index contributed by atoms with van der Waals surface area (Å²) in [5.41, 5.74) is 1.03. The lowest BCUT2D eigenvalue weighted by atomic mass is 10.2. The third-order valence-corrected chi connectivity index (χ3v) is 3.07. The summed E-state index contributed by atoms with van der Waals surface area (Å²) in [6.07, 6.45) is 6.99. The number of phenols is 1. The number of ether oxygens (including phenoxy) is 4. The molecule has 1 rings (SSSR count). The molecule has 0 radical (unpaired) electrons. The second-order valence-electron chi connectivity index (χ2n) is 4.73. The molecule has 1 aromatic rings. The quantitative estimate of drug-likeness (QED) is 0.581. The largest absolute Gasteiger partial charge is 0.504 e. The first kappa shape index (κ1) is 22.2. The Morgan fingerprint density at radius 3 is 2.16 bits per heavy atom. The van der Waals surface area contributed by atoms with E-state index < -0.39 is 0 Å². The SMILES string of the molecule is C=C/C=C/C(OC)=C(OC)\C(=C/C)OC.COc1ccc(C)cc1O. The van der Waals surface area contributed by atoms with E-state index in [4.69, 9.17) is 24.1 Å². The molecule has 0 spiro atoms. The summed E-state index contributed by atoms with van der Waals surface area (Å²) in [6.45, 7) is 7.36. The first-order valence-electron chi connectivity index (χ1n) is 7.64. The minimum Gasteiger partial charge on any atom is -0.504 e. The number of aromatic hydroxyl groups is 1. The monoisotopic (exact) mass is 348 g/mol. The van der Waals surface area contributed by atoms with Crippen molar-refractivity contribution in [2.24, 2.45) is 0 Å². The molecule has 1 aromatic carbocycles. The maximum atomic E-state index is 9.17. The van der Waals surface area contributed by atoms with Gasteiger partial charge in [0.1, 0.15) is 0 Å². The normalized spacial score (nSPS) is 11.8. The Hall–Kier alpha value is -2.82. The van der Waals surface area contributed by atoms with E-state index in [9.17, 15) is 0 Å². The van der Waals surface area contributed by atoms with E-state index in [0.717, 1.165) is 5.56 Å². The van der Waals surface area contributed by atoms with E-state index in [-0.39, 0.29) is 5.75 Å². The van der Waals surface area contributed by atoms with Crippen molar-refractivity contribution in [3.8, 4) is 11.5 Å². The number of benzene rings is 1. The molecule has 5 nitrogen and oxygen atoms in total. The van der Waals surface area contributed by atoms with Crippen molar-refractivity contribution in [3.63, 3.8) is 0 Å². The number of phenolic OH excluding ortho intramolecular Hbond substituents is 1.